The summed E-state index contributed by atoms with van der Waals surface area (Å²) in [4.78, 5) is 18.6. The number of pyridine rings is 1. The molecule has 0 saturated heterocycles. The highest BCUT2D eigenvalue weighted by atomic mass is 16.1. The predicted octanol–water partition coefficient (Wildman–Crippen LogP) is 5.53. The van der Waals surface area contributed by atoms with Gasteiger partial charge in [0, 0.05) is 29.2 Å². The number of tetrazole rings is 1. The fourth-order valence-corrected chi connectivity index (χ4v) is 5.00. The van der Waals surface area contributed by atoms with Crippen LogP contribution in [0.15, 0.2) is 71.8 Å². The van der Waals surface area contributed by atoms with Gasteiger partial charge in [0.05, 0.1) is 17.9 Å². The molecule has 3 heterocycles. The van der Waals surface area contributed by atoms with Gasteiger partial charge in [-0.25, -0.2) is 9.89 Å². The van der Waals surface area contributed by atoms with Gasteiger partial charge in [0.25, 0.3) is 0 Å². The van der Waals surface area contributed by atoms with Crippen molar-refractivity contribution in [1.82, 2.24) is 34.7 Å². The van der Waals surface area contributed by atoms with Crippen LogP contribution in [0.2, 0.25) is 0 Å². The zero-order chi connectivity index (χ0) is 26.5. The number of rotatable bonds is 10. The van der Waals surface area contributed by atoms with Crippen LogP contribution in [0.5, 0.6) is 0 Å². The number of aromatic amines is 1. The lowest BCUT2D eigenvalue weighted by atomic mass is 10.0. The molecule has 0 amide bonds. The number of nitrogens with zero attached hydrogens (tertiary/aromatic N) is 6. The first kappa shape index (κ1) is 25.3. The number of aryl methyl sites for hydroxylation is 3. The van der Waals surface area contributed by atoms with Gasteiger partial charge in [0.1, 0.15) is 0 Å². The minimum Gasteiger partial charge on any atom is -0.292 e. The smallest absolute Gasteiger partial charge is 0.292 e. The monoisotopic (exact) mass is 507 g/mol. The maximum Gasteiger partial charge on any atom is 0.333 e. The first-order valence-corrected chi connectivity index (χ1v) is 13.3. The first-order valence-electron chi connectivity index (χ1n) is 13.3. The molecule has 0 spiro atoms. The number of nitrogens with one attached hydrogen (secondary N) is 1. The summed E-state index contributed by atoms with van der Waals surface area (Å²) in [6.07, 6.45) is 8.83. The molecule has 38 heavy (non-hydrogen) atoms. The molecule has 0 fully saturated rings. The molecule has 0 radical (unpaired) electrons. The molecular formula is C30H33N7O. The Morgan fingerprint density at radius 1 is 0.921 bits per heavy atom. The molecule has 3 aromatic heterocycles. The molecule has 0 unspecified atom stereocenters. The van der Waals surface area contributed by atoms with Crippen molar-refractivity contribution in [2.45, 2.75) is 59.4 Å². The molecule has 2 aromatic carbocycles. The number of unbranched alkanes of at least 4 members (excludes halogenated alkanes) is 1. The topological polar surface area (TPSA) is 94.3 Å². The van der Waals surface area contributed by atoms with Crippen molar-refractivity contribution in [2.24, 2.45) is 0 Å². The van der Waals surface area contributed by atoms with E-state index in [1.165, 1.54) is 5.56 Å². The molecule has 8 nitrogen and oxygen atoms in total. The largest absolute Gasteiger partial charge is 0.333 e. The first-order chi connectivity index (χ1) is 18.6. The highest BCUT2D eigenvalue weighted by Gasteiger charge is 2.17. The summed E-state index contributed by atoms with van der Waals surface area (Å²) in [5.74, 6) is 0.596. The fourth-order valence-electron chi connectivity index (χ4n) is 5.00. The van der Waals surface area contributed by atoms with Crippen LogP contribution in [0.3, 0.4) is 0 Å². The van der Waals surface area contributed by atoms with Crippen LogP contribution in [-0.2, 0) is 19.4 Å². The molecule has 8 heteroatoms. The van der Waals surface area contributed by atoms with Crippen molar-refractivity contribution in [3.63, 3.8) is 0 Å². The lowest BCUT2D eigenvalue weighted by Gasteiger charge is -2.12. The fraction of sp³-hybridized carbons (Fsp3) is 0.300. The Hall–Kier alpha value is -4.33. The van der Waals surface area contributed by atoms with E-state index in [2.05, 4.69) is 59.6 Å². The Morgan fingerprint density at radius 2 is 1.76 bits per heavy atom. The third-order valence-corrected chi connectivity index (χ3v) is 6.90. The SMILES string of the molecule is CCCCc1cn(-c2c(C)cccc2CCC)c(=O)n1Cc1ccc(-c2ccccc2-c2nnn[nH]2)nc1. The molecule has 0 bridgehead atoms. The molecule has 0 atom stereocenters. The Morgan fingerprint density at radius 3 is 2.47 bits per heavy atom. The van der Waals surface area contributed by atoms with Gasteiger partial charge in [0.15, 0.2) is 5.82 Å². The van der Waals surface area contributed by atoms with E-state index in [9.17, 15) is 4.79 Å². The van der Waals surface area contributed by atoms with Crippen molar-refractivity contribution in [1.29, 1.82) is 0 Å². The van der Waals surface area contributed by atoms with Crippen LogP contribution in [0.4, 0.5) is 0 Å². The number of hydrogen-bond donors (Lipinski definition) is 1. The predicted molar refractivity (Wildman–Crippen MR) is 149 cm³/mol. The standard InChI is InChI=1S/C30H33N7O/c1-4-6-13-24-20-37(28-21(3)11-9-12-23(28)10-5-2)30(38)36(24)19-22-16-17-27(31-18-22)25-14-7-8-15-26(25)29-32-34-35-33-29/h7-9,11-12,14-18,20H,4-6,10,13,19H2,1-3H3,(H,32,33,34,35). The quantitative estimate of drug-likeness (QED) is 0.268. The Kier molecular flexibility index (Phi) is 7.58. The Balaban J connectivity index is 1.50. The van der Waals surface area contributed by atoms with Gasteiger partial charge in [-0.1, -0.05) is 75.2 Å². The van der Waals surface area contributed by atoms with E-state index in [-0.39, 0.29) is 5.69 Å². The van der Waals surface area contributed by atoms with Crippen molar-refractivity contribution in [3.05, 3.63) is 99.9 Å². The lowest BCUT2D eigenvalue weighted by Crippen LogP contribution is -2.25. The van der Waals surface area contributed by atoms with Crippen LogP contribution in [0, 0.1) is 6.92 Å². The van der Waals surface area contributed by atoms with Crippen molar-refractivity contribution < 1.29 is 0 Å². The summed E-state index contributed by atoms with van der Waals surface area (Å²) in [6, 6.07) is 18.2. The number of imidazole rings is 1. The molecule has 0 aliphatic rings. The second kappa shape index (κ2) is 11.4. The van der Waals surface area contributed by atoms with Crippen LogP contribution in [-0.4, -0.2) is 34.7 Å². The lowest BCUT2D eigenvalue weighted by molar-refractivity contribution is 0.672. The van der Waals surface area contributed by atoms with Crippen LogP contribution in [0.1, 0.15) is 55.5 Å². The van der Waals surface area contributed by atoms with E-state index in [1.54, 1.807) is 0 Å². The maximum atomic E-state index is 13.8. The van der Waals surface area contributed by atoms with E-state index in [1.807, 2.05) is 57.9 Å². The van der Waals surface area contributed by atoms with Gasteiger partial charge in [-0.2, -0.15) is 0 Å². The molecule has 0 saturated carbocycles. The summed E-state index contributed by atoms with van der Waals surface area (Å²) >= 11 is 0. The van der Waals surface area contributed by atoms with E-state index in [0.29, 0.717) is 12.4 Å². The zero-order valence-corrected chi connectivity index (χ0v) is 22.2. The zero-order valence-electron chi connectivity index (χ0n) is 22.2. The van der Waals surface area contributed by atoms with Crippen molar-refractivity contribution in [2.75, 3.05) is 0 Å². The minimum atomic E-state index is -0.00463. The van der Waals surface area contributed by atoms with Crippen molar-refractivity contribution in [3.8, 4) is 28.3 Å². The van der Waals surface area contributed by atoms with Gasteiger partial charge >= 0.3 is 5.69 Å². The summed E-state index contributed by atoms with van der Waals surface area (Å²) in [6.45, 7) is 6.90. The van der Waals surface area contributed by atoms with Gasteiger partial charge in [-0.05, 0) is 59.4 Å². The summed E-state index contributed by atoms with van der Waals surface area (Å²) in [7, 11) is 0. The van der Waals surface area contributed by atoms with E-state index in [4.69, 9.17) is 4.98 Å². The number of hydrogen-bond acceptors (Lipinski definition) is 5. The van der Waals surface area contributed by atoms with Gasteiger partial charge in [0.2, 0.25) is 0 Å². The normalized spacial score (nSPS) is 11.2. The average molecular weight is 508 g/mol. The average Bonchev–Trinajstić information content (AvgIpc) is 3.58. The molecule has 0 aliphatic heterocycles. The second-order valence-electron chi connectivity index (χ2n) is 9.64. The Bertz CT molecular complexity index is 1560. The number of para-hydroxylation sites is 1. The maximum absolute atomic E-state index is 13.8. The van der Waals surface area contributed by atoms with Gasteiger partial charge in [-0.3, -0.25) is 14.1 Å². The minimum absolute atomic E-state index is 0.00463. The highest BCUT2D eigenvalue weighted by Crippen LogP contribution is 2.28. The number of benzene rings is 2. The van der Waals surface area contributed by atoms with Crippen LogP contribution in [0.25, 0.3) is 28.3 Å². The third kappa shape index (κ3) is 5.07. The summed E-state index contributed by atoms with van der Waals surface area (Å²) in [5.41, 5.74) is 8.00. The van der Waals surface area contributed by atoms with E-state index < -0.39 is 0 Å². The van der Waals surface area contributed by atoms with Crippen molar-refractivity contribution >= 4 is 0 Å². The number of H-pyrrole nitrogens is 1. The van der Waals surface area contributed by atoms with Gasteiger partial charge in [-0.15, -0.1) is 5.10 Å². The molecule has 194 valence electrons. The molecular weight excluding hydrogens is 474 g/mol. The third-order valence-electron chi connectivity index (χ3n) is 6.90. The van der Waals surface area contributed by atoms with Crippen LogP contribution < -0.4 is 5.69 Å². The highest BCUT2D eigenvalue weighted by molar-refractivity contribution is 5.78. The molecule has 0 aliphatic carbocycles. The second-order valence-corrected chi connectivity index (χ2v) is 9.64. The van der Waals surface area contributed by atoms with E-state index >= 15 is 0 Å². The Labute approximate surface area is 222 Å². The van der Waals surface area contributed by atoms with E-state index in [0.717, 1.165) is 71.4 Å². The summed E-state index contributed by atoms with van der Waals surface area (Å²) in [5, 5.41) is 14.3. The molecule has 1 N–H and O–H groups in total. The molecule has 5 aromatic rings. The summed E-state index contributed by atoms with van der Waals surface area (Å²) < 4.78 is 3.76. The number of aromatic nitrogens is 7. The van der Waals surface area contributed by atoms with Gasteiger partial charge < -0.3 is 0 Å². The van der Waals surface area contributed by atoms with Crippen LogP contribution >= 0.6 is 0 Å². The molecule has 5 rings (SSSR count).